The number of aromatic nitrogens is 1. The minimum atomic E-state index is -0.676. The first-order valence-corrected chi connectivity index (χ1v) is 11.9. The normalized spacial score (nSPS) is 15.8. The van der Waals surface area contributed by atoms with Crippen molar-refractivity contribution in [3.05, 3.63) is 90.6 Å². The van der Waals surface area contributed by atoms with Crippen molar-refractivity contribution in [3.63, 3.8) is 0 Å². The summed E-state index contributed by atoms with van der Waals surface area (Å²) < 4.78 is 13.1. The van der Waals surface area contributed by atoms with Crippen LogP contribution in [0.25, 0.3) is 6.08 Å². The van der Waals surface area contributed by atoms with Gasteiger partial charge in [0.15, 0.2) is 4.80 Å². The zero-order valence-corrected chi connectivity index (χ0v) is 20.3. The number of ether oxygens (including phenoxy) is 2. The standard InChI is InChI=1S/C26H26N2O5S/c1-5-32-25(31)22-16(4)27-26-28(23(22)18-8-12-20(13-9-18)33-15(2)3)24(30)21(34-26)14-17-6-10-19(29)11-7-17/h6-15,23,29H,5H2,1-4H3/t23-/m1/s1. The Morgan fingerprint density at radius 3 is 2.47 bits per heavy atom. The maximum atomic E-state index is 13.5. The third-order valence-electron chi connectivity index (χ3n) is 5.28. The number of carbonyl (C=O) groups excluding carboxylic acids is 1. The van der Waals surface area contributed by atoms with Gasteiger partial charge in [0.1, 0.15) is 11.5 Å². The van der Waals surface area contributed by atoms with Gasteiger partial charge in [0.25, 0.3) is 5.56 Å². The molecule has 1 aliphatic rings. The van der Waals surface area contributed by atoms with Gasteiger partial charge in [-0.3, -0.25) is 9.36 Å². The van der Waals surface area contributed by atoms with Crippen LogP contribution in [-0.2, 0) is 9.53 Å². The Hall–Kier alpha value is -3.65. The maximum absolute atomic E-state index is 13.5. The minimum Gasteiger partial charge on any atom is -0.508 e. The van der Waals surface area contributed by atoms with Crippen LogP contribution in [0.3, 0.4) is 0 Å². The van der Waals surface area contributed by atoms with E-state index in [1.165, 1.54) is 11.3 Å². The van der Waals surface area contributed by atoms with Crippen molar-refractivity contribution in [1.82, 2.24) is 4.57 Å². The van der Waals surface area contributed by atoms with E-state index in [-0.39, 0.29) is 24.0 Å². The number of carbonyl (C=O) groups is 1. The predicted molar refractivity (Wildman–Crippen MR) is 131 cm³/mol. The molecule has 1 atom stereocenters. The molecule has 0 radical (unpaired) electrons. The van der Waals surface area contributed by atoms with Crippen molar-refractivity contribution >= 4 is 23.4 Å². The van der Waals surface area contributed by atoms with Crippen molar-refractivity contribution in [3.8, 4) is 11.5 Å². The van der Waals surface area contributed by atoms with Crippen LogP contribution < -0.4 is 19.6 Å². The second kappa shape index (κ2) is 9.69. The van der Waals surface area contributed by atoms with Gasteiger partial charge in [-0.25, -0.2) is 9.79 Å². The fourth-order valence-corrected chi connectivity index (χ4v) is 4.88. The Morgan fingerprint density at radius 2 is 1.85 bits per heavy atom. The number of allylic oxidation sites excluding steroid dienone is 1. The number of hydrogen-bond acceptors (Lipinski definition) is 7. The van der Waals surface area contributed by atoms with Crippen LogP contribution in [0.4, 0.5) is 0 Å². The van der Waals surface area contributed by atoms with Gasteiger partial charge in [-0.05, 0) is 69.2 Å². The van der Waals surface area contributed by atoms with Gasteiger partial charge in [-0.15, -0.1) is 0 Å². The first-order valence-electron chi connectivity index (χ1n) is 11.0. The number of aromatic hydroxyl groups is 1. The number of phenols is 1. The number of rotatable bonds is 6. The van der Waals surface area contributed by atoms with Gasteiger partial charge >= 0.3 is 5.97 Å². The van der Waals surface area contributed by atoms with Crippen LogP contribution in [0.15, 0.2) is 69.6 Å². The average Bonchev–Trinajstić information content (AvgIpc) is 3.09. The highest BCUT2D eigenvalue weighted by Crippen LogP contribution is 2.31. The van der Waals surface area contributed by atoms with E-state index in [4.69, 9.17) is 9.47 Å². The molecule has 0 saturated heterocycles. The molecule has 0 aliphatic carbocycles. The van der Waals surface area contributed by atoms with Gasteiger partial charge in [0, 0.05) is 0 Å². The second-order valence-corrected chi connectivity index (χ2v) is 9.14. The maximum Gasteiger partial charge on any atom is 0.338 e. The van der Waals surface area contributed by atoms with Crippen molar-refractivity contribution in [2.24, 2.45) is 4.99 Å². The molecule has 0 saturated carbocycles. The summed E-state index contributed by atoms with van der Waals surface area (Å²) in [5.74, 6) is 0.360. The zero-order chi connectivity index (χ0) is 24.4. The van der Waals surface area contributed by atoms with Crippen LogP contribution in [0, 0.1) is 0 Å². The first-order chi connectivity index (χ1) is 16.3. The van der Waals surface area contributed by atoms with E-state index < -0.39 is 12.0 Å². The minimum absolute atomic E-state index is 0.0284. The molecular formula is C26H26N2O5S. The van der Waals surface area contributed by atoms with E-state index in [1.54, 1.807) is 48.8 Å². The van der Waals surface area contributed by atoms with E-state index in [9.17, 15) is 14.7 Å². The quantitative estimate of drug-likeness (QED) is 0.549. The first kappa shape index (κ1) is 23.5. The Labute approximate surface area is 200 Å². The smallest absolute Gasteiger partial charge is 0.338 e. The van der Waals surface area contributed by atoms with Gasteiger partial charge in [0.2, 0.25) is 0 Å². The molecule has 0 fully saturated rings. The molecule has 2 aromatic carbocycles. The predicted octanol–water partition coefficient (Wildman–Crippen LogP) is 3.29. The molecule has 1 aromatic heterocycles. The summed E-state index contributed by atoms with van der Waals surface area (Å²) >= 11 is 1.26. The molecule has 1 N–H and O–H groups in total. The fourth-order valence-electron chi connectivity index (χ4n) is 3.83. The number of thiazole rings is 1. The summed E-state index contributed by atoms with van der Waals surface area (Å²) in [7, 11) is 0. The lowest BCUT2D eigenvalue weighted by molar-refractivity contribution is -0.139. The summed E-state index contributed by atoms with van der Waals surface area (Å²) in [5.41, 5.74) is 2.13. The number of benzene rings is 2. The van der Waals surface area contributed by atoms with E-state index in [1.807, 2.05) is 38.1 Å². The van der Waals surface area contributed by atoms with Crippen LogP contribution in [0.5, 0.6) is 11.5 Å². The molecule has 1 aliphatic heterocycles. The highest BCUT2D eigenvalue weighted by atomic mass is 32.1. The second-order valence-electron chi connectivity index (χ2n) is 8.13. The topological polar surface area (TPSA) is 90.1 Å². The summed E-state index contributed by atoms with van der Waals surface area (Å²) in [5, 5.41) is 9.54. The van der Waals surface area contributed by atoms with E-state index in [2.05, 4.69) is 4.99 Å². The highest BCUT2D eigenvalue weighted by molar-refractivity contribution is 7.07. The number of phenolic OH excluding ortho intramolecular Hbond substituents is 1. The van der Waals surface area contributed by atoms with Gasteiger partial charge in [-0.1, -0.05) is 35.6 Å². The Bertz CT molecular complexity index is 1410. The highest BCUT2D eigenvalue weighted by Gasteiger charge is 2.33. The molecule has 0 spiro atoms. The van der Waals surface area contributed by atoms with Crippen molar-refractivity contribution in [1.29, 1.82) is 0 Å². The summed E-state index contributed by atoms with van der Waals surface area (Å²) in [6.45, 7) is 7.62. The molecule has 4 rings (SSSR count). The lowest BCUT2D eigenvalue weighted by Crippen LogP contribution is -2.39. The lowest BCUT2D eigenvalue weighted by Gasteiger charge is -2.25. The number of nitrogens with zero attached hydrogens (tertiary/aromatic N) is 2. The Balaban J connectivity index is 1.89. The van der Waals surface area contributed by atoms with Crippen LogP contribution >= 0.6 is 11.3 Å². The fraction of sp³-hybridized carbons (Fsp3) is 0.269. The number of hydrogen-bond donors (Lipinski definition) is 1. The Kier molecular flexibility index (Phi) is 6.70. The summed E-state index contributed by atoms with van der Waals surface area (Å²) in [6, 6.07) is 13.3. The molecule has 176 valence electrons. The third-order valence-corrected chi connectivity index (χ3v) is 6.26. The molecule has 8 heteroatoms. The molecule has 0 amide bonds. The van der Waals surface area contributed by atoms with Crippen molar-refractivity contribution in [2.45, 2.75) is 39.8 Å². The van der Waals surface area contributed by atoms with Crippen LogP contribution in [0.1, 0.15) is 44.9 Å². The SMILES string of the molecule is CCOC(=O)C1=C(C)N=c2sc(=Cc3ccc(O)cc3)c(=O)n2[C@@H]1c1ccc(OC(C)C)cc1. The van der Waals surface area contributed by atoms with Crippen molar-refractivity contribution in [2.75, 3.05) is 6.61 Å². The van der Waals surface area contributed by atoms with Crippen LogP contribution in [0.2, 0.25) is 0 Å². The molecule has 3 aromatic rings. The number of fused-ring (bicyclic) bond motifs is 1. The lowest BCUT2D eigenvalue weighted by atomic mass is 9.96. The molecule has 0 bridgehead atoms. The van der Waals surface area contributed by atoms with Crippen molar-refractivity contribution < 1.29 is 19.4 Å². The van der Waals surface area contributed by atoms with Gasteiger partial charge in [0.05, 0.1) is 34.6 Å². The molecule has 2 heterocycles. The summed E-state index contributed by atoms with van der Waals surface area (Å²) in [6.07, 6.45) is 1.78. The molecule has 7 nitrogen and oxygen atoms in total. The van der Waals surface area contributed by atoms with Gasteiger partial charge in [-0.2, -0.15) is 0 Å². The number of esters is 1. The monoisotopic (exact) mass is 478 g/mol. The average molecular weight is 479 g/mol. The van der Waals surface area contributed by atoms with Gasteiger partial charge < -0.3 is 14.6 Å². The van der Waals surface area contributed by atoms with E-state index in [0.29, 0.717) is 26.4 Å². The van der Waals surface area contributed by atoms with E-state index >= 15 is 0 Å². The molecular weight excluding hydrogens is 452 g/mol. The summed E-state index contributed by atoms with van der Waals surface area (Å²) in [4.78, 5) is 31.6. The largest absolute Gasteiger partial charge is 0.508 e. The molecule has 0 unspecified atom stereocenters. The van der Waals surface area contributed by atoms with Crippen LogP contribution in [-0.4, -0.2) is 28.4 Å². The third kappa shape index (κ3) is 4.68. The van der Waals surface area contributed by atoms with E-state index in [0.717, 1.165) is 11.1 Å². The Morgan fingerprint density at radius 1 is 1.18 bits per heavy atom. The molecule has 34 heavy (non-hydrogen) atoms. The zero-order valence-electron chi connectivity index (χ0n) is 19.4.